The average Bonchev–Trinajstić information content (AvgIpc) is 3.11. The lowest BCUT2D eigenvalue weighted by atomic mass is 9.92. The van der Waals surface area contributed by atoms with Gasteiger partial charge >= 0.3 is 0 Å². The zero-order valence-corrected chi connectivity index (χ0v) is 19.5. The maximum atomic E-state index is 13.0. The Balaban J connectivity index is 1.67. The van der Waals surface area contributed by atoms with Crippen LogP contribution < -0.4 is 4.90 Å². The molecule has 1 aliphatic rings. The second kappa shape index (κ2) is 10.4. The third-order valence-electron chi connectivity index (χ3n) is 5.91. The van der Waals surface area contributed by atoms with Crippen LogP contribution in [0.5, 0.6) is 5.75 Å². The van der Waals surface area contributed by atoms with E-state index in [4.69, 9.17) is 21.1 Å². The number of carbonyl (C=O) groups excluding carboxylic acids is 1. The number of methoxy groups -OCH3 is 1. The molecule has 0 saturated carbocycles. The average molecular weight is 446 g/mol. The smallest absolute Gasteiger partial charge is 0.227 e. The number of fused-ring (bicyclic) bond motifs is 3. The molecule has 0 fully saturated rings. The Morgan fingerprint density at radius 2 is 2.16 bits per heavy atom. The number of benzene rings is 2. The van der Waals surface area contributed by atoms with E-state index in [-0.39, 0.29) is 23.7 Å². The lowest BCUT2D eigenvalue weighted by Gasteiger charge is -2.19. The number of aromatic hydroxyl groups is 1. The topological polar surface area (TPSA) is 59.0 Å². The number of alkyl halides is 1. The molecule has 0 radical (unpaired) electrons. The zero-order valence-electron chi connectivity index (χ0n) is 18.8. The number of allylic oxidation sites excluding steroid dienone is 1. The first-order valence-electron chi connectivity index (χ1n) is 10.8. The summed E-state index contributed by atoms with van der Waals surface area (Å²) in [5.41, 5.74) is 2.95. The fourth-order valence-electron chi connectivity index (χ4n) is 4.25. The van der Waals surface area contributed by atoms with Gasteiger partial charge in [0, 0.05) is 43.3 Å². The summed E-state index contributed by atoms with van der Waals surface area (Å²) in [4.78, 5) is 14.8. The van der Waals surface area contributed by atoms with Crippen molar-refractivity contribution in [2.75, 3.05) is 31.0 Å². The van der Waals surface area contributed by atoms with Gasteiger partial charge in [0.1, 0.15) is 5.75 Å². The van der Waals surface area contributed by atoms with Crippen LogP contribution in [0.4, 0.5) is 5.69 Å². The maximum absolute atomic E-state index is 13.0. The molecule has 2 aromatic rings. The first kappa shape index (κ1) is 23.4. The van der Waals surface area contributed by atoms with E-state index >= 15 is 0 Å². The molecule has 1 N–H and O–H groups in total. The molecular weight excluding hydrogens is 414 g/mol. The van der Waals surface area contributed by atoms with Crippen molar-refractivity contribution < 1.29 is 19.4 Å². The summed E-state index contributed by atoms with van der Waals surface area (Å²) in [6.07, 6.45) is 3.91. The molecule has 6 heteroatoms. The van der Waals surface area contributed by atoms with Gasteiger partial charge in [-0.2, -0.15) is 0 Å². The van der Waals surface area contributed by atoms with Gasteiger partial charge in [0.25, 0.3) is 0 Å². The van der Waals surface area contributed by atoms with Crippen molar-refractivity contribution >= 4 is 34.0 Å². The van der Waals surface area contributed by atoms with E-state index in [1.165, 1.54) is 0 Å². The quantitative estimate of drug-likeness (QED) is 0.308. The van der Waals surface area contributed by atoms with Gasteiger partial charge in [-0.05, 0) is 56.2 Å². The molecule has 3 rings (SSSR count). The van der Waals surface area contributed by atoms with Crippen LogP contribution >= 0.6 is 11.6 Å². The monoisotopic (exact) mass is 445 g/mol. The van der Waals surface area contributed by atoms with Crippen molar-refractivity contribution in [3.05, 3.63) is 47.2 Å². The largest absolute Gasteiger partial charge is 0.507 e. The third-order valence-corrected chi connectivity index (χ3v) is 6.29. The molecule has 0 bridgehead atoms. The van der Waals surface area contributed by atoms with E-state index in [9.17, 15) is 9.90 Å². The fourth-order valence-corrected chi connectivity index (χ4v) is 4.51. The predicted octanol–water partition coefficient (Wildman–Crippen LogP) is 5.65. The number of ether oxygens (including phenoxy) is 2. The first-order chi connectivity index (χ1) is 14.9. The SMILES string of the molecule is COC(C)C=C(C)OCCCCC(=O)N1C[C@@H](CCl)c2c1cc(O)c1cccc(C)c21. The van der Waals surface area contributed by atoms with Crippen LogP contribution in [0.1, 0.15) is 50.2 Å². The first-order valence-corrected chi connectivity index (χ1v) is 11.4. The van der Waals surface area contributed by atoms with Gasteiger partial charge in [0.05, 0.1) is 24.2 Å². The lowest BCUT2D eigenvalue weighted by molar-refractivity contribution is -0.118. The summed E-state index contributed by atoms with van der Waals surface area (Å²) >= 11 is 6.29. The molecule has 0 aromatic heterocycles. The van der Waals surface area contributed by atoms with Crippen molar-refractivity contribution in [2.24, 2.45) is 0 Å². The second-order valence-corrected chi connectivity index (χ2v) is 8.51. The summed E-state index contributed by atoms with van der Waals surface area (Å²) in [5, 5.41) is 12.4. The van der Waals surface area contributed by atoms with E-state index in [1.54, 1.807) is 18.1 Å². The zero-order chi connectivity index (χ0) is 22.5. The van der Waals surface area contributed by atoms with Gasteiger partial charge in [0.2, 0.25) is 5.91 Å². The highest BCUT2D eigenvalue weighted by atomic mass is 35.5. The van der Waals surface area contributed by atoms with Crippen LogP contribution in [0.2, 0.25) is 0 Å². The summed E-state index contributed by atoms with van der Waals surface area (Å²) < 4.78 is 10.9. The van der Waals surface area contributed by atoms with E-state index in [0.717, 1.165) is 46.2 Å². The number of unbranched alkanes of at least 4 members (excludes halogenated alkanes) is 1. The number of anilines is 1. The third kappa shape index (κ3) is 5.16. The summed E-state index contributed by atoms with van der Waals surface area (Å²) in [6.45, 7) is 7.01. The number of rotatable bonds is 9. The summed E-state index contributed by atoms with van der Waals surface area (Å²) in [5.74, 6) is 1.58. The van der Waals surface area contributed by atoms with E-state index < -0.39 is 0 Å². The normalized spacial score (nSPS) is 17.1. The van der Waals surface area contributed by atoms with E-state index in [0.29, 0.717) is 25.5 Å². The number of aryl methyl sites for hydroxylation is 1. The van der Waals surface area contributed by atoms with Gasteiger partial charge in [-0.25, -0.2) is 0 Å². The molecular formula is C25H32ClNO4. The number of phenolic OH excluding ortho intramolecular Hbond substituents is 1. The minimum absolute atomic E-state index is 0.0165. The van der Waals surface area contributed by atoms with E-state index in [1.807, 2.05) is 45.0 Å². The van der Waals surface area contributed by atoms with E-state index in [2.05, 4.69) is 0 Å². The number of halogens is 1. The van der Waals surface area contributed by atoms with Gasteiger partial charge < -0.3 is 19.5 Å². The van der Waals surface area contributed by atoms with Crippen molar-refractivity contribution in [1.82, 2.24) is 0 Å². The Kier molecular flexibility index (Phi) is 7.84. The molecule has 5 nitrogen and oxygen atoms in total. The van der Waals surface area contributed by atoms with Crippen LogP contribution in [-0.2, 0) is 14.3 Å². The highest BCUT2D eigenvalue weighted by Crippen LogP contribution is 2.46. The number of hydrogen-bond donors (Lipinski definition) is 1. The Morgan fingerprint density at radius 3 is 2.87 bits per heavy atom. The van der Waals surface area contributed by atoms with Crippen molar-refractivity contribution in [3.63, 3.8) is 0 Å². The molecule has 31 heavy (non-hydrogen) atoms. The second-order valence-electron chi connectivity index (χ2n) is 8.21. The fraction of sp³-hybridized carbons (Fsp3) is 0.480. The molecule has 2 atom stereocenters. The van der Waals surface area contributed by atoms with Gasteiger partial charge in [-0.1, -0.05) is 18.2 Å². The number of carbonyl (C=O) groups is 1. The molecule has 168 valence electrons. The molecule has 1 aliphatic heterocycles. The number of nitrogens with zero attached hydrogens (tertiary/aromatic N) is 1. The molecule has 0 spiro atoms. The maximum Gasteiger partial charge on any atom is 0.227 e. The molecule has 0 aliphatic carbocycles. The lowest BCUT2D eigenvalue weighted by Crippen LogP contribution is -2.29. The molecule has 1 heterocycles. The molecule has 2 aromatic carbocycles. The molecule has 0 saturated heterocycles. The van der Waals surface area contributed by atoms with Crippen LogP contribution in [0.25, 0.3) is 10.8 Å². The van der Waals surface area contributed by atoms with Crippen LogP contribution in [0.3, 0.4) is 0 Å². The van der Waals surface area contributed by atoms with Crippen LogP contribution in [-0.4, -0.2) is 43.3 Å². The van der Waals surface area contributed by atoms with Crippen molar-refractivity contribution in [1.29, 1.82) is 0 Å². The van der Waals surface area contributed by atoms with Crippen LogP contribution in [0.15, 0.2) is 36.1 Å². The summed E-state index contributed by atoms with van der Waals surface area (Å²) in [6, 6.07) is 7.60. The van der Waals surface area contributed by atoms with Crippen LogP contribution in [0, 0.1) is 6.92 Å². The highest BCUT2D eigenvalue weighted by molar-refractivity contribution is 6.19. The van der Waals surface area contributed by atoms with Gasteiger partial charge in [-0.3, -0.25) is 4.79 Å². The van der Waals surface area contributed by atoms with Gasteiger partial charge in [0.15, 0.2) is 0 Å². The minimum atomic E-state index is 0.0165. The Labute approximate surface area is 189 Å². The summed E-state index contributed by atoms with van der Waals surface area (Å²) in [7, 11) is 1.66. The number of phenols is 1. The molecule has 1 amide bonds. The number of amides is 1. The van der Waals surface area contributed by atoms with Gasteiger partial charge in [-0.15, -0.1) is 11.6 Å². The molecule has 1 unspecified atom stereocenters. The Morgan fingerprint density at radius 1 is 1.39 bits per heavy atom. The van der Waals surface area contributed by atoms with Crippen molar-refractivity contribution in [3.8, 4) is 5.75 Å². The Bertz CT molecular complexity index is 972. The standard InChI is InChI=1S/C25H32ClNO4/c1-16-8-7-9-20-22(28)13-21-25(24(16)20)19(14-26)15-27(21)23(29)10-5-6-11-31-18(3)12-17(2)30-4/h7-9,12-13,17,19,28H,5-6,10-11,14-15H2,1-4H3/t17?,19-/m1/s1. The highest BCUT2D eigenvalue weighted by Gasteiger charge is 2.34. The Hall–Kier alpha value is -2.24. The van der Waals surface area contributed by atoms with Crippen molar-refractivity contribution in [2.45, 2.75) is 52.1 Å². The predicted molar refractivity (Wildman–Crippen MR) is 126 cm³/mol. The number of hydrogen-bond acceptors (Lipinski definition) is 4. The minimum Gasteiger partial charge on any atom is -0.507 e.